The Morgan fingerprint density at radius 3 is 2.88 bits per heavy atom. The predicted octanol–water partition coefficient (Wildman–Crippen LogP) is 3.52. The zero-order valence-electron chi connectivity index (χ0n) is 14.7. The second-order valence-electron chi connectivity index (χ2n) is 6.65. The Morgan fingerprint density at radius 1 is 1.04 bits per heavy atom. The molecule has 0 saturated carbocycles. The molecule has 0 bridgehead atoms. The molecule has 3 aromatic rings. The summed E-state index contributed by atoms with van der Waals surface area (Å²) in [6.45, 7) is 1.52. The topological polar surface area (TPSA) is 71.8 Å². The van der Waals surface area contributed by atoms with Gasteiger partial charge in [-0.15, -0.1) is 10.2 Å². The molecule has 26 heavy (non-hydrogen) atoms. The number of hydrogen-bond donors (Lipinski definition) is 2. The van der Waals surface area contributed by atoms with Crippen molar-refractivity contribution in [2.24, 2.45) is 0 Å². The van der Waals surface area contributed by atoms with E-state index in [1.54, 1.807) is 0 Å². The number of benzene rings is 2. The van der Waals surface area contributed by atoms with E-state index in [-0.39, 0.29) is 6.03 Å². The lowest BCUT2D eigenvalue weighted by molar-refractivity contribution is 0.252. The van der Waals surface area contributed by atoms with Crippen molar-refractivity contribution in [3.05, 3.63) is 54.1 Å². The number of rotatable bonds is 4. The first-order valence-electron chi connectivity index (χ1n) is 9.25. The number of carbonyl (C=O) groups excluding carboxylic acids is 1. The standard InChI is InChI=1S/C20H23N5O/c26-20(22-17-10-6-8-15-7-3-4-9-16(15)17)21-13-12-19-24-23-18-11-2-1-5-14-25(18)19/h3-4,6-10H,1-2,5,11-14H2,(H2,21,22,26). The van der Waals surface area contributed by atoms with E-state index in [4.69, 9.17) is 0 Å². The first-order chi connectivity index (χ1) is 12.8. The van der Waals surface area contributed by atoms with E-state index in [0.717, 1.165) is 41.1 Å². The Kier molecular flexibility index (Phi) is 4.82. The lowest BCUT2D eigenvalue weighted by Gasteiger charge is -2.11. The van der Waals surface area contributed by atoms with Crippen LogP contribution in [0.15, 0.2) is 42.5 Å². The Morgan fingerprint density at radius 2 is 1.92 bits per heavy atom. The molecule has 6 heteroatoms. The number of urea groups is 1. The first-order valence-corrected chi connectivity index (χ1v) is 9.25. The molecule has 2 aromatic carbocycles. The average molecular weight is 349 g/mol. The SMILES string of the molecule is O=C(NCCc1nnc2n1CCCCC2)Nc1cccc2ccccc12. The Hall–Kier alpha value is -2.89. The van der Waals surface area contributed by atoms with Crippen LogP contribution in [0.25, 0.3) is 10.8 Å². The van der Waals surface area contributed by atoms with Gasteiger partial charge in [0.25, 0.3) is 0 Å². The van der Waals surface area contributed by atoms with Crippen LogP contribution in [0.3, 0.4) is 0 Å². The largest absolute Gasteiger partial charge is 0.337 e. The van der Waals surface area contributed by atoms with E-state index >= 15 is 0 Å². The lowest BCUT2D eigenvalue weighted by Crippen LogP contribution is -2.31. The third kappa shape index (κ3) is 3.54. The Bertz CT molecular complexity index is 912. The average Bonchev–Trinajstić information content (AvgIpc) is 2.88. The summed E-state index contributed by atoms with van der Waals surface area (Å²) >= 11 is 0. The van der Waals surface area contributed by atoms with Crippen LogP contribution in [-0.2, 0) is 19.4 Å². The van der Waals surface area contributed by atoms with Gasteiger partial charge in [-0.05, 0) is 24.3 Å². The predicted molar refractivity (Wildman–Crippen MR) is 102 cm³/mol. The molecule has 1 aliphatic heterocycles. The number of amides is 2. The van der Waals surface area contributed by atoms with E-state index in [2.05, 4.69) is 25.4 Å². The van der Waals surface area contributed by atoms with E-state index in [9.17, 15) is 4.79 Å². The number of nitrogens with zero attached hydrogens (tertiary/aromatic N) is 3. The van der Waals surface area contributed by atoms with Gasteiger partial charge in [0.05, 0.1) is 5.69 Å². The summed E-state index contributed by atoms with van der Waals surface area (Å²) in [5.74, 6) is 2.05. The molecule has 1 aliphatic rings. The molecule has 0 fully saturated rings. The van der Waals surface area contributed by atoms with Crippen molar-refractivity contribution in [1.82, 2.24) is 20.1 Å². The maximum atomic E-state index is 12.3. The zero-order chi connectivity index (χ0) is 17.8. The van der Waals surface area contributed by atoms with Crippen molar-refractivity contribution in [1.29, 1.82) is 0 Å². The smallest absolute Gasteiger partial charge is 0.319 e. The van der Waals surface area contributed by atoms with Gasteiger partial charge in [0.2, 0.25) is 0 Å². The van der Waals surface area contributed by atoms with Crippen molar-refractivity contribution < 1.29 is 4.79 Å². The minimum atomic E-state index is -0.197. The minimum absolute atomic E-state index is 0.197. The summed E-state index contributed by atoms with van der Waals surface area (Å²) < 4.78 is 2.22. The van der Waals surface area contributed by atoms with E-state index in [1.807, 2.05) is 42.5 Å². The van der Waals surface area contributed by atoms with Gasteiger partial charge in [-0.3, -0.25) is 0 Å². The number of aryl methyl sites for hydroxylation is 1. The molecule has 4 rings (SSSR count). The fourth-order valence-electron chi connectivity index (χ4n) is 3.52. The van der Waals surface area contributed by atoms with Crippen LogP contribution in [0.1, 0.15) is 30.9 Å². The highest BCUT2D eigenvalue weighted by Crippen LogP contribution is 2.22. The molecule has 2 amide bonds. The second kappa shape index (κ2) is 7.56. The normalized spacial score (nSPS) is 13.8. The fourth-order valence-corrected chi connectivity index (χ4v) is 3.52. The molecular weight excluding hydrogens is 326 g/mol. The van der Waals surface area contributed by atoms with Gasteiger partial charge < -0.3 is 15.2 Å². The van der Waals surface area contributed by atoms with Gasteiger partial charge in [-0.25, -0.2) is 4.79 Å². The molecule has 134 valence electrons. The molecule has 2 heterocycles. The van der Waals surface area contributed by atoms with E-state index in [1.165, 1.54) is 19.3 Å². The maximum Gasteiger partial charge on any atom is 0.319 e. The summed E-state index contributed by atoms with van der Waals surface area (Å²) in [6, 6.07) is 13.7. The van der Waals surface area contributed by atoms with Gasteiger partial charge in [0, 0.05) is 31.3 Å². The Labute approximate surface area is 152 Å². The van der Waals surface area contributed by atoms with Crippen molar-refractivity contribution in [3.8, 4) is 0 Å². The Balaban J connectivity index is 1.35. The maximum absolute atomic E-state index is 12.3. The van der Waals surface area contributed by atoms with Crippen LogP contribution >= 0.6 is 0 Å². The lowest BCUT2D eigenvalue weighted by atomic mass is 10.1. The molecular formula is C20H23N5O. The number of carbonyl (C=O) groups is 1. The van der Waals surface area contributed by atoms with Gasteiger partial charge in [-0.2, -0.15) is 0 Å². The van der Waals surface area contributed by atoms with Crippen molar-refractivity contribution in [2.75, 3.05) is 11.9 Å². The summed E-state index contributed by atoms with van der Waals surface area (Å²) in [7, 11) is 0. The number of anilines is 1. The highest BCUT2D eigenvalue weighted by atomic mass is 16.2. The van der Waals surface area contributed by atoms with Crippen LogP contribution in [0.2, 0.25) is 0 Å². The second-order valence-corrected chi connectivity index (χ2v) is 6.65. The highest BCUT2D eigenvalue weighted by molar-refractivity contribution is 6.01. The molecule has 1 aromatic heterocycles. The first kappa shape index (κ1) is 16.6. The highest BCUT2D eigenvalue weighted by Gasteiger charge is 2.14. The molecule has 0 radical (unpaired) electrons. The summed E-state index contributed by atoms with van der Waals surface area (Å²) in [6.07, 6.45) is 5.29. The third-order valence-electron chi connectivity index (χ3n) is 4.86. The van der Waals surface area contributed by atoms with Crippen molar-refractivity contribution >= 4 is 22.5 Å². The van der Waals surface area contributed by atoms with Gasteiger partial charge >= 0.3 is 6.03 Å². The summed E-state index contributed by atoms with van der Waals surface area (Å²) in [5, 5.41) is 16.6. The van der Waals surface area contributed by atoms with Gasteiger partial charge in [0.15, 0.2) is 0 Å². The summed E-state index contributed by atoms with van der Waals surface area (Å²) in [5.41, 5.74) is 0.817. The zero-order valence-corrected chi connectivity index (χ0v) is 14.7. The summed E-state index contributed by atoms with van der Waals surface area (Å²) in [4.78, 5) is 12.3. The van der Waals surface area contributed by atoms with Gasteiger partial charge in [0.1, 0.15) is 11.6 Å². The van der Waals surface area contributed by atoms with Crippen LogP contribution in [0.5, 0.6) is 0 Å². The molecule has 0 atom stereocenters. The molecule has 6 nitrogen and oxygen atoms in total. The molecule has 0 spiro atoms. The quantitative estimate of drug-likeness (QED) is 0.757. The minimum Gasteiger partial charge on any atom is -0.337 e. The molecule has 0 saturated heterocycles. The van der Waals surface area contributed by atoms with Crippen molar-refractivity contribution in [2.45, 2.75) is 38.6 Å². The third-order valence-corrected chi connectivity index (χ3v) is 4.86. The molecule has 0 unspecified atom stereocenters. The number of fused-ring (bicyclic) bond motifs is 2. The van der Waals surface area contributed by atoms with Crippen molar-refractivity contribution in [3.63, 3.8) is 0 Å². The van der Waals surface area contributed by atoms with Crippen LogP contribution in [0.4, 0.5) is 10.5 Å². The van der Waals surface area contributed by atoms with Gasteiger partial charge in [-0.1, -0.05) is 42.8 Å². The van der Waals surface area contributed by atoms with E-state index in [0.29, 0.717) is 13.0 Å². The van der Waals surface area contributed by atoms with E-state index < -0.39 is 0 Å². The van der Waals surface area contributed by atoms with Crippen LogP contribution in [0, 0.1) is 0 Å². The van der Waals surface area contributed by atoms with Crippen LogP contribution < -0.4 is 10.6 Å². The molecule has 2 N–H and O–H groups in total. The number of hydrogen-bond acceptors (Lipinski definition) is 3. The number of aromatic nitrogens is 3. The fraction of sp³-hybridized carbons (Fsp3) is 0.350. The number of nitrogens with one attached hydrogen (secondary N) is 2. The van der Waals surface area contributed by atoms with Crippen LogP contribution in [-0.4, -0.2) is 27.3 Å². The monoisotopic (exact) mass is 349 g/mol. The molecule has 0 aliphatic carbocycles.